The van der Waals surface area contributed by atoms with Gasteiger partial charge in [-0.15, -0.1) is 0 Å². The minimum absolute atomic E-state index is 0.146. The van der Waals surface area contributed by atoms with Crippen molar-refractivity contribution < 1.29 is 18.4 Å². The van der Waals surface area contributed by atoms with Gasteiger partial charge in [-0.2, -0.15) is 0 Å². The number of esters is 1. The van der Waals surface area contributed by atoms with E-state index in [0.717, 1.165) is 18.4 Å². The Bertz CT molecular complexity index is 873. The van der Waals surface area contributed by atoms with Crippen molar-refractivity contribution in [1.82, 2.24) is 0 Å². The molecule has 1 unspecified atom stereocenters. The molecular formula is C32H58O4Si2. The zero-order valence-electron chi connectivity index (χ0n) is 26.5. The van der Waals surface area contributed by atoms with Crippen LogP contribution in [0.25, 0.3) is 0 Å². The highest BCUT2D eigenvalue weighted by Gasteiger charge is 2.54. The average molecular weight is 563 g/mol. The molecule has 0 spiro atoms. The fourth-order valence-electron chi connectivity index (χ4n) is 6.33. The monoisotopic (exact) mass is 562 g/mol. The van der Waals surface area contributed by atoms with Crippen LogP contribution in [0.5, 0.6) is 0 Å². The van der Waals surface area contributed by atoms with Gasteiger partial charge in [-0.05, 0) is 79.4 Å². The second-order valence-corrected chi connectivity index (χ2v) is 25.1. The zero-order valence-corrected chi connectivity index (χ0v) is 28.5. The molecule has 0 aromatic rings. The number of carbonyl (C=O) groups excluding carboxylic acids is 1. The number of hydrogen-bond donors (Lipinski definition) is 0. The van der Waals surface area contributed by atoms with Crippen molar-refractivity contribution in [1.29, 1.82) is 0 Å². The molecule has 0 heterocycles. The van der Waals surface area contributed by atoms with Crippen LogP contribution in [-0.4, -0.2) is 40.9 Å². The molecule has 0 bridgehead atoms. The van der Waals surface area contributed by atoms with Crippen LogP contribution in [0.4, 0.5) is 0 Å². The highest BCUT2D eigenvalue weighted by atomic mass is 28.4. The standard InChI is InChI=1S/C32H58O4Si2/c1-22-20-26-25(18-19-28(24-16-14-13-15-17-24)35-37(9,10)31(3,4)5)29(36-38(11,12)32(6,7)8)21-27(26)30(22)34-23(2)33/h18-19,24-30H,1,13-17,20-21H2,2-12H3/t25-,26+,27-,28+,29+,30?/m0/s1. The summed E-state index contributed by atoms with van der Waals surface area (Å²) in [6.07, 6.45) is 13.4. The minimum Gasteiger partial charge on any atom is -0.458 e. The maximum atomic E-state index is 11.9. The van der Waals surface area contributed by atoms with Crippen LogP contribution in [0.15, 0.2) is 24.3 Å². The van der Waals surface area contributed by atoms with Gasteiger partial charge in [-0.1, -0.05) is 79.5 Å². The molecule has 4 nitrogen and oxygen atoms in total. The van der Waals surface area contributed by atoms with Crippen LogP contribution in [0, 0.1) is 23.7 Å². The Morgan fingerprint density at radius 3 is 2.05 bits per heavy atom. The molecule has 0 N–H and O–H groups in total. The average Bonchev–Trinajstić information content (AvgIpc) is 3.24. The topological polar surface area (TPSA) is 44.8 Å². The Kier molecular flexibility index (Phi) is 9.76. The van der Waals surface area contributed by atoms with Crippen LogP contribution < -0.4 is 0 Å². The van der Waals surface area contributed by atoms with E-state index >= 15 is 0 Å². The molecule has 0 radical (unpaired) electrons. The van der Waals surface area contributed by atoms with Gasteiger partial charge in [-0.25, -0.2) is 0 Å². The molecule has 3 aliphatic rings. The number of ether oxygens (including phenoxy) is 1. The second-order valence-electron chi connectivity index (χ2n) is 15.6. The molecule has 3 aliphatic carbocycles. The highest BCUT2D eigenvalue weighted by Crippen LogP contribution is 2.54. The van der Waals surface area contributed by atoms with Crippen LogP contribution >= 0.6 is 0 Å². The van der Waals surface area contributed by atoms with Gasteiger partial charge in [0.25, 0.3) is 0 Å². The lowest BCUT2D eigenvalue weighted by atomic mass is 9.84. The van der Waals surface area contributed by atoms with Gasteiger partial charge in [0, 0.05) is 18.8 Å². The van der Waals surface area contributed by atoms with Gasteiger partial charge in [0.2, 0.25) is 0 Å². The molecular weight excluding hydrogens is 505 g/mol. The van der Waals surface area contributed by atoms with Gasteiger partial charge in [0.05, 0.1) is 12.2 Å². The molecule has 6 atom stereocenters. The molecule has 6 heteroatoms. The zero-order chi connectivity index (χ0) is 28.7. The van der Waals surface area contributed by atoms with E-state index in [1.807, 2.05) is 0 Å². The molecule has 0 aliphatic heterocycles. The molecule has 0 amide bonds. The van der Waals surface area contributed by atoms with Gasteiger partial charge in [0.1, 0.15) is 6.10 Å². The number of carbonyl (C=O) groups is 1. The lowest BCUT2D eigenvalue weighted by Crippen LogP contribution is -2.46. The Hall–Kier alpha value is -0.696. The maximum Gasteiger partial charge on any atom is 0.303 e. The van der Waals surface area contributed by atoms with Crippen molar-refractivity contribution in [3.63, 3.8) is 0 Å². The van der Waals surface area contributed by atoms with Gasteiger partial charge >= 0.3 is 5.97 Å². The Balaban J connectivity index is 1.93. The molecule has 3 fully saturated rings. The Morgan fingerprint density at radius 2 is 1.53 bits per heavy atom. The lowest BCUT2D eigenvalue weighted by molar-refractivity contribution is -0.146. The normalized spacial score (nSPS) is 30.6. The van der Waals surface area contributed by atoms with E-state index in [1.165, 1.54) is 39.0 Å². The minimum atomic E-state index is -1.97. The van der Waals surface area contributed by atoms with E-state index in [2.05, 4.69) is 86.5 Å². The third kappa shape index (κ3) is 7.14. The van der Waals surface area contributed by atoms with Crippen molar-refractivity contribution in [3.05, 3.63) is 24.3 Å². The molecule has 0 saturated heterocycles. The van der Waals surface area contributed by atoms with Crippen LogP contribution in [-0.2, 0) is 18.4 Å². The summed E-state index contributed by atoms with van der Waals surface area (Å²) in [4.78, 5) is 11.9. The van der Waals surface area contributed by atoms with Crippen molar-refractivity contribution in [2.75, 3.05) is 0 Å². The maximum absolute atomic E-state index is 11.9. The quantitative estimate of drug-likeness (QED) is 0.168. The summed E-state index contributed by atoms with van der Waals surface area (Å²) in [7, 11) is -3.89. The van der Waals surface area contributed by atoms with E-state index in [1.54, 1.807) is 0 Å². The third-order valence-corrected chi connectivity index (χ3v) is 19.7. The van der Waals surface area contributed by atoms with Crippen molar-refractivity contribution in [2.45, 2.75) is 148 Å². The molecule has 218 valence electrons. The second kappa shape index (κ2) is 11.7. The third-order valence-electron chi connectivity index (χ3n) is 10.7. The fraction of sp³-hybridized carbons (Fsp3) is 0.844. The predicted molar refractivity (Wildman–Crippen MR) is 164 cm³/mol. The van der Waals surface area contributed by atoms with E-state index in [4.69, 9.17) is 13.6 Å². The summed E-state index contributed by atoms with van der Waals surface area (Å²) < 4.78 is 20.1. The largest absolute Gasteiger partial charge is 0.458 e. The number of fused-ring (bicyclic) bond motifs is 1. The molecule has 0 aromatic carbocycles. The van der Waals surface area contributed by atoms with E-state index in [0.29, 0.717) is 17.8 Å². The van der Waals surface area contributed by atoms with Crippen molar-refractivity contribution >= 4 is 22.6 Å². The van der Waals surface area contributed by atoms with Crippen LogP contribution in [0.3, 0.4) is 0 Å². The summed E-state index contributed by atoms with van der Waals surface area (Å²) in [6.45, 7) is 29.3. The first kappa shape index (κ1) is 31.8. The van der Waals surface area contributed by atoms with Crippen molar-refractivity contribution in [3.8, 4) is 0 Å². The van der Waals surface area contributed by atoms with Gasteiger partial charge < -0.3 is 13.6 Å². The molecule has 3 saturated carbocycles. The van der Waals surface area contributed by atoms with E-state index in [-0.39, 0.29) is 40.3 Å². The summed E-state index contributed by atoms with van der Waals surface area (Å²) in [5.74, 6) is 1.36. The molecule has 38 heavy (non-hydrogen) atoms. The van der Waals surface area contributed by atoms with Crippen LogP contribution in [0.1, 0.15) is 93.4 Å². The highest BCUT2D eigenvalue weighted by molar-refractivity contribution is 6.74. The lowest BCUT2D eigenvalue weighted by Gasteiger charge is -2.42. The SMILES string of the molecule is C=C1C[C@@H]2[C@H](C=C[C@@H](O[Si](C)(C)C(C)(C)C)C3CCCCC3)[C@H](O[Si](C)(C)C(C)(C)C)C[C@@H]2C1OC(C)=O. The number of hydrogen-bond acceptors (Lipinski definition) is 4. The first-order valence-electron chi connectivity index (χ1n) is 15.2. The van der Waals surface area contributed by atoms with Gasteiger partial charge in [-0.3, -0.25) is 4.79 Å². The molecule has 3 rings (SSSR count). The first-order valence-corrected chi connectivity index (χ1v) is 21.0. The predicted octanol–water partition coefficient (Wildman–Crippen LogP) is 9.05. The van der Waals surface area contributed by atoms with E-state index < -0.39 is 16.6 Å². The fourth-order valence-corrected chi connectivity index (χ4v) is 9.00. The summed E-state index contributed by atoms with van der Waals surface area (Å²) in [5.41, 5.74) is 1.07. The Labute approximate surface area is 236 Å². The summed E-state index contributed by atoms with van der Waals surface area (Å²) in [5, 5.41) is 0.328. The van der Waals surface area contributed by atoms with Gasteiger partial charge in [0.15, 0.2) is 16.6 Å². The van der Waals surface area contributed by atoms with Crippen molar-refractivity contribution in [2.24, 2.45) is 23.7 Å². The number of rotatable bonds is 8. The molecule has 0 aromatic heterocycles. The first-order chi connectivity index (χ1) is 17.3. The van der Waals surface area contributed by atoms with E-state index in [9.17, 15) is 4.79 Å². The van der Waals surface area contributed by atoms with Crippen LogP contribution in [0.2, 0.25) is 36.3 Å². The summed E-state index contributed by atoms with van der Waals surface area (Å²) >= 11 is 0. The summed E-state index contributed by atoms with van der Waals surface area (Å²) in [6, 6.07) is 0. The Morgan fingerprint density at radius 1 is 0.947 bits per heavy atom. The smallest absolute Gasteiger partial charge is 0.303 e.